The average Bonchev–Trinajstić information content (AvgIpc) is 2.49. The van der Waals surface area contributed by atoms with E-state index in [1.54, 1.807) is 6.92 Å². The SMILES string of the molecule is CCOC(=O)C1CNCCN1C(=O)c1cc(F)ccc1Br. The van der Waals surface area contributed by atoms with Crippen molar-refractivity contribution in [3.63, 3.8) is 0 Å². The fourth-order valence-corrected chi connectivity index (χ4v) is 2.63. The topological polar surface area (TPSA) is 58.6 Å². The van der Waals surface area contributed by atoms with Crippen LogP contribution in [0.25, 0.3) is 0 Å². The van der Waals surface area contributed by atoms with E-state index in [9.17, 15) is 14.0 Å². The molecule has 1 aromatic rings. The second-order valence-electron chi connectivity index (χ2n) is 4.59. The summed E-state index contributed by atoms with van der Waals surface area (Å²) in [5.41, 5.74) is 0.200. The molecular formula is C14H16BrFN2O3. The molecule has 0 aliphatic carbocycles. The number of halogens is 2. The van der Waals surface area contributed by atoms with Crippen LogP contribution in [0.3, 0.4) is 0 Å². The minimum absolute atomic E-state index is 0.200. The quantitative estimate of drug-likeness (QED) is 0.833. The van der Waals surface area contributed by atoms with Gasteiger partial charge in [0, 0.05) is 24.1 Å². The van der Waals surface area contributed by atoms with Gasteiger partial charge in [-0.25, -0.2) is 9.18 Å². The summed E-state index contributed by atoms with van der Waals surface area (Å²) in [5.74, 6) is -1.34. The molecule has 1 amide bonds. The molecule has 21 heavy (non-hydrogen) atoms. The summed E-state index contributed by atoms with van der Waals surface area (Å²) < 4.78 is 18.8. The molecule has 2 rings (SSSR count). The number of nitrogens with zero attached hydrogens (tertiary/aromatic N) is 1. The van der Waals surface area contributed by atoms with Crippen LogP contribution >= 0.6 is 15.9 Å². The number of carbonyl (C=O) groups excluding carboxylic acids is 2. The molecule has 1 aliphatic rings. The molecule has 1 atom stereocenters. The molecule has 114 valence electrons. The molecule has 1 aromatic carbocycles. The van der Waals surface area contributed by atoms with Gasteiger partial charge in [-0.15, -0.1) is 0 Å². The Bertz CT molecular complexity index is 553. The predicted octanol–water partition coefficient (Wildman–Crippen LogP) is 1.57. The average molecular weight is 359 g/mol. The Balaban J connectivity index is 2.26. The van der Waals surface area contributed by atoms with E-state index >= 15 is 0 Å². The fourth-order valence-electron chi connectivity index (χ4n) is 2.21. The van der Waals surface area contributed by atoms with Crippen molar-refractivity contribution in [1.29, 1.82) is 0 Å². The minimum atomic E-state index is -0.693. The maximum absolute atomic E-state index is 13.4. The van der Waals surface area contributed by atoms with E-state index in [1.807, 2.05) is 0 Å². The highest BCUT2D eigenvalue weighted by molar-refractivity contribution is 9.10. The first-order valence-corrected chi connectivity index (χ1v) is 7.47. The molecule has 1 N–H and O–H groups in total. The van der Waals surface area contributed by atoms with Gasteiger partial charge in [-0.2, -0.15) is 0 Å². The molecule has 7 heteroatoms. The van der Waals surface area contributed by atoms with Gasteiger partial charge in [-0.3, -0.25) is 4.79 Å². The van der Waals surface area contributed by atoms with Crippen molar-refractivity contribution in [2.24, 2.45) is 0 Å². The van der Waals surface area contributed by atoms with E-state index in [2.05, 4.69) is 21.2 Å². The van der Waals surface area contributed by atoms with Crippen LogP contribution < -0.4 is 5.32 Å². The summed E-state index contributed by atoms with van der Waals surface area (Å²) in [5, 5.41) is 3.06. The lowest BCUT2D eigenvalue weighted by Gasteiger charge is -2.34. The van der Waals surface area contributed by atoms with Crippen molar-refractivity contribution in [2.75, 3.05) is 26.2 Å². The van der Waals surface area contributed by atoms with Crippen LogP contribution in [0, 0.1) is 5.82 Å². The van der Waals surface area contributed by atoms with Gasteiger partial charge in [-0.1, -0.05) is 0 Å². The van der Waals surface area contributed by atoms with Gasteiger partial charge >= 0.3 is 5.97 Å². The second kappa shape index (κ2) is 7.00. The van der Waals surface area contributed by atoms with Gasteiger partial charge in [0.2, 0.25) is 0 Å². The van der Waals surface area contributed by atoms with Crippen LogP contribution in [-0.4, -0.2) is 49.1 Å². The Morgan fingerprint density at radius 1 is 1.52 bits per heavy atom. The zero-order chi connectivity index (χ0) is 15.4. The van der Waals surface area contributed by atoms with E-state index in [-0.39, 0.29) is 18.1 Å². The largest absolute Gasteiger partial charge is 0.464 e. The highest BCUT2D eigenvalue weighted by atomic mass is 79.9. The number of benzene rings is 1. The number of piperazine rings is 1. The maximum Gasteiger partial charge on any atom is 0.330 e. The molecule has 1 unspecified atom stereocenters. The van der Waals surface area contributed by atoms with Crippen molar-refractivity contribution < 1.29 is 18.7 Å². The highest BCUT2D eigenvalue weighted by Gasteiger charge is 2.34. The van der Waals surface area contributed by atoms with Crippen LogP contribution in [0.15, 0.2) is 22.7 Å². The van der Waals surface area contributed by atoms with Crippen LogP contribution in [-0.2, 0) is 9.53 Å². The minimum Gasteiger partial charge on any atom is -0.464 e. The van der Waals surface area contributed by atoms with E-state index < -0.39 is 17.8 Å². The number of hydrogen-bond donors (Lipinski definition) is 1. The van der Waals surface area contributed by atoms with E-state index in [1.165, 1.54) is 17.0 Å². The molecule has 1 fully saturated rings. The van der Waals surface area contributed by atoms with Gasteiger partial charge in [-0.05, 0) is 41.1 Å². The van der Waals surface area contributed by atoms with E-state index in [0.717, 1.165) is 6.07 Å². The summed E-state index contributed by atoms with van der Waals surface area (Å²) in [6.07, 6.45) is 0. The number of ether oxygens (including phenoxy) is 1. The lowest BCUT2D eigenvalue weighted by Crippen LogP contribution is -2.57. The standard InChI is InChI=1S/C14H16BrFN2O3/c1-2-21-14(20)12-8-17-5-6-18(12)13(19)10-7-9(16)3-4-11(10)15/h3-4,7,12,17H,2,5-6,8H2,1H3. The Hall–Kier alpha value is -1.47. The van der Waals surface area contributed by atoms with Gasteiger partial charge in [0.25, 0.3) is 5.91 Å². The number of nitrogens with one attached hydrogen (secondary N) is 1. The summed E-state index contributed by atoms with van der Waals surface area (Å²) in [7, 11) is 0. The first kappa shape index (κ1) is 15.9. The van der Waals surface area contributed by atoms with E-state index in [4.69, 9.17) is 4.74 Å². The molecule has 1 saturated heterocycles. The molecule has 1 heterocycles. The van der Waals surface area contributed by atoms with E-state index in [0.29, 0.717) is 24.1 Å². The zero-order valence-electron chi connectivity index (χ0n) is 11.6. The number of amides is 1. The lowest BCUT2D eigenvalue weighted by atomic mass is 10.1. The van der Waals surface area contributed by atoms with Crippen LogP contribution in [0.5, 0.6) is 0 Å². The third kappa shape index (κ3) is 3.59. The van der Waals surface area contributed by atoms with Gasteiger partial charge in [0.15, 0.2) is 0 Å². The van der Waals surface area contributed by atoms with Gasteiger partial charge in [0.05, 0.1) is 12.2 Å². The molecule has 0 saturated carbocycles. The van der Waals surface area contributed by atoms with Crippen molar-refractivity contribution in [2.45, 2.75) is 13.0 Å². The van der Waals surface area contributed by atoms with Gasteiger partial charge < -0.3 is 15.0 Å². The smallest absolute Gasteiger partial charge is 0.330 e. The second-order valence-corrected chi connectivity index (χ2v) is 5.45. The summed E-state index contributed by atoms with van der Waals surface area (Å²) in [4.78, 5) is 26.0. The normalized spacial score (nSPS) is 18.4. The summed E-state index contributed by atoms with van der Waals surface area (Å²) >= 11 is 3.24. The Kier molecular flexibility index (Phi) is 5.30. The van der Waals surface area contributed by atoms with Crippen molar-refractivity contribution in [3.05, 3.63) is 34.1 Å². The fraction of sp³-hybridized carbons (Fsp3) is 0.429. The highest BCUT2D eigenvalue weighted by Crippen LogP contribution is 2.21. The number of carbonyl (C=O) groups is 2. The van der Waals surface area contributed by atoms with Crippen LogP contribution in [0.2, 0.25) is 0 Å². The Morgan fingerprint density at radius 3 is 3.00 bits per heavy atom. The van der Waals surface area contributed by atoms with Crippen molar-refractivity contribution in [3.8, 4) is 0 Å². The Morgan fingerprint density at radius 2 is 2.29 bits per heavy atom. The summed E-state index contributed by atoms with van der Waals surface area (Å²) in [6, 6.07) is 3.21. The predicted molar refractivity (Wildman–Crippen MR) is 78.4 cm³/mol. The van der Waals surface area contributed by atoms with Crippen molar-refractivity contribution >= 4 is 27.8 Å². The molecule has 0 aromatic heterocycles. The van der Waals surface area contributed by atoms with Crippen LogP contribution in [0.4, 0.5) is 4.39 Å². The first-order valence-electron chi connectivity index (χ1n) is 6.68. The van der Waals surface area contributed by atoms with Crippen LogP contribution in [0.1, 0.15) is 17.3 Å². The maximum atomic E-state index is 13.4. The zero-order valence-corrected chi connectivity index (χ0v) is 13.2. The molecule has 0 bridgehead atoms. The number of hydrogen-bond acceptors (Lipinski definition) is 4. The number of rotatable bonds is 3. The van der Waals surface area contributed by atoms with Crippen molar-refractivity contribution in [1.82, 2.24) is 10.2 Å². The lowest BCUT2D eigenvalue weighted by molar-refractivity contribution is -0.149. The molecular weight excluding hydrogens is 343 g/mol. The first-order chi connectivity index (χ1) is 10.0. The molecule has 0 spiro atoms. The monoisotopic (exact) mass is 358 g/mol. The Labute approximate surface area is 130 Å². The third-order valence-corrected chi connectivity index (χ3v) is 3.91. The third-order valence-electron chi connectivity index (χ3n) is 3.22. The number of esters is 1. The summed E-state index contributed by atoms with van der Waals surface area (Å²) in [6.45, 7) is 3.24. The van der Waals surface area contributed by atoms with Gasteiger partial charge in [0.1, 0.15) is 11.9 Å². The molecule has 1 aliphatic heterocycles. The molecule has 5 nitrogen and oxygen atoms in total. The molecule has 0 radical (unpaired) electrons.